The number of urea groups is 1. The average molecular weight is 370 g/mol. The van der Waals surface area contributed by atoms with Crippen molar-refractivity contribution in [3.05, 3.63) is 59.8 Å². The third kappa shape index (κ3) is 4.56. The third-order valence-corrected chi connectivity index (χ3v) is 4.93. The lowest BCUT2D eigenvalue weighted by molar-refractivity contribution is -0.136. The number of amides is 2. The summed E-state index contributed by atoms with van der Waals surface area (Å²) in [6.07, 6.45) is 1.91. The Labute approximate surface area is 159 Å². The van der Waals surface area contributed by atoms with Gasteiger partial charge in [0, 0.05) is 45.0 Å². The highest BCUT2D eigenvalue weighted by Gasteiger charge is 2.34. The van der Waals surface area contributed by atoms with E-state index in [1.54, 1.807) is 0 Å². The van der Waals surface area contributed by atoms with E-state index in [2.05, 4.69) is 27.0 Å². The first-order valence-electron chi connectivity index (χ1n) is 9.11. The quantitative estimate of drug-likeness (QED) is 0.583. The Morgan fingerprint density at radius 1 is 1.22 bits per heavy atom. The molecule has 2 aliphatic heterocycles. The normalized spacial score (nSPS) is 21.4. The van der Waals surface area contributed by atoms with E-state index in [0.717, 1.165) is 38.3 Å². The Morgan fingerprint density at radius 3 is 2.52 bits per heavy atom. The summed E-state index contributed by atoms with van der Waals surface area (Å²) in [5.41, 5.74) is 1.91. The van der Waals surface area contributed by atoms with Crippen LogP contribution in [0.5, 0.6) is 0 Å². The van der Waals surface area contributed by atoms with Crippen molar-refractivity contribution < 1.29 is 14.3 Å². The van der Waals surface area contributed by atoms with Gasteiger partial charge in [-0.1, -0.05) is 36.4 Å². The van der Waals surface area contributed by atoms with Gasteiger partial charge in [-0.2, -0.15) is 0 Å². The first kappa shape index (κ1) is 19.1. The highest BCUT2D eigenvalue weighted by atomic mass is 16.5. The molecule has 0 aliphatic carbocycles. The molecule has 7 heteroatoms. The Balaban J connectivity index is 1.84. The van der Waals surface area contributed by atoms with Gasteiger partial charge in [-0.25, -0.2) is 9.59 Å². The van der Waals surface area contributed by atoms with Gasteiger partial charge in [-0.05, 0) is 5.56 Å². The van der Waals surface area contributed by atoms with Crippen LogP contribution in [0.2, 0.25) is 0 Å². The molecule has 2 amide bonds. The van der Waals surface area contributed by atoms with Gasteiger partial charge in [-0.15, -0.1) is 6.58 Å². The summed E-state index contributed by atoms with van der Waals surface area (Å²) >= 11 is 0. The number of hydrogen-bond acceptors (Lipinski definition) is 5. The van der Waals surface area contributed by atoms with Crippen LogP contribution >= 0.6 is 0 Å². The second kappa shape index (κ2) is 8.83. The number of esters is 1. The van der Waals surface area contributed by atoms with Crippen LogP contribution in [-0.4, -0.2) is 68.2 Å². The van der Waals surface area contributed by atoms with Crippen LogP contribution in [0.25, 0.3) is 0 Å². The van der Waals surface area contributed by atoms with Crippen molar-refractivity contribution in [3.8, 4) is 0 Å². The minimum atomic E-state index is -0.524. The number of carbonyl (C=O) groups excluding carboxylic acids is 2. The van der Waals surface area contributed by atoms with Crippen LogP contribution in [0.15, 0.2) is 54.3 Å². The zero-order valence-corrected chi connectivity index (χ0v) is 15.6. The van der Waals surface area contributed by atoms with Crippen LogP contribution < -0.4 is 10.6 Å². The van der Waals surface area contributed by atoms with Gasteiger partial charge in [0.2, 0.25) is 0 Å². The summed E-state index contributed by atoms with van der Waals surface area (Å²) in [5.74, 6) is -0.434. The number of rotatable bonds is 6. The molecule has 1 aromatic rings. The number of methoxy groups -OCH3 is 1. The molecule has 0 bridgehead atoms. The van der Waals surface area contributed by atoms with Crippen LogP contribution in [0.1, 0.15) is 11.6 Å². The molecular formula is C20H26N4O3. The zero-order valence-electron chi connectivity index (χ0n) is 15.6. The summed E-state index contributed by atoms with van der Waals surface area (Å²) in [5, 5.41) is 5.66. The number of ether oxygens (including phenoxy) is 1. The van der Waals surface area contributed by atoms with Crippen molar-refractivity contribution >= 4 is 12.0 Å². The largest absolute Gasteiger partial charge is 0.466 e. The summed E-state index contributed by atoms with van der Waals surface area (Å²) in [4.78, 5) is 29.4. The molecule has 7 nitrogen and oxygen atoms in total. The number of hydrogen-bond donors (Lipinski definition) is 2. The minimum Gasteiger partial charge on any atom is -0.466 e. The lowest BCUT2D eigenvalue weighted by atomic mass is 9.95. The third-order valence-electron chi connectivity index (χ3n) is 4.93. The van der Waals surface area contributed by atoms with Crippen molar-refractivity contribution in [2.24, 2.45) is 0 Å². The van der Waals surface area contributed by atoms with Crippen molar-refractivity contribution in [2.75, 3.05) is 46.4 Å². The maximum atomic E-state index is 12.5. The molecule has 0 saturated carbocycles. The van der Waals surface area contributed by atoms with Gasteiger partial charge in [0.1, 0.15) is 0 Å². The zero-order chi connectivity index (χ0) is 19.2. The Bertz CT molecular complexity index is 724. The lowest BCUT2D eigenvalue weighted by Gasteiger charge is -2.36. The monoisotopic (exact) mass is 370 g/mol. The Kier molecular flexibility index (Phi) is 6.26. The van der Waals surface area contributed by atoms with Crippen LogP contribution in [0, 0.1) is 0 Å². The van der Waals surface area contributed by atoms with E-state index in [1.807, 2.05) is 36.4 Å². The molecule has 1 atom stereocenters. The van der Waals surface area contributed by atoms with Crippen molar-refractivity contribution in [1.29, 1.82) is 0 Å². The highest BCUT2D eigenvalue weighted by Crippen LogP contribution is 2.28. The summed E-state index contributed by atoms with van der Waals surface area (Å²) in [6, 6.07) is 8.63. The van der Waals surface area contributed by atoms with Crippen molar-refractivity contribution in [3.63, 3.8) is 0 Å². The summed E-state index contributed by atoms with van der Waals surface area (Å²) in [7, 11) is 1.36. The SMILES string of the molecule is C=CCN1CCN(CC2=C(C(=O)OC)[C@H](c3ccccc3)NC(=O)N2)CC1. The molecule has 0 spiro atoms. The fourth-order valence-corrected chi connectivity index (χ4v) is 3.53. The number of benzene rings is 1. The molecule has 2 N–H and O–H groups in total. The molecule has 144 valence electrons. The maximum absolute atomic E-state index is 12.5. The molecular weight excluding hydrogens is 344 g/mol. The predicted molar refractivity (Wildman–Crippen MR) is 103 cm³/mol. The van der Waals surface area contributed by atoms with E-state index < -0.39 is 12.0 Å². The smallest absolute Gasteiger partial charge is 0.338 e. The van der Waals surface area contributed by atoms with E-state index >= 15 is 0 Å². The lowest BCUT2D eigenvalue weighted by Crippen LogP contribution is -2.51. The molecule has 1 aromatic carbocycles. The fraction of sp³-hybridized carbons (Fsp3) is 0.400. The number of nitrogens with zero attached hydrogens (tertiary/aromatic N) is 2. The molecule has 2 heterocycles. The van der Waals surface area contributed by atoms with E-state index in [1.165, 1.54) is 7.11 Å². The van der Waals surface area contributed by atoms with Crippen LogP contribution in [0.4, 0.5) is 4.79 Å². The summed E-state index contributed by atoms with van der Waals surface area (Å²) < 4.78 is 5.02. The Morgan fingerprint density at radius 2 is 1.89 bits per heavy atom. The predicted octanol–water partition coefficient (Wildman–Crippen LogP) is 1.27. The van der Waals surface area contributed by atoms with E-state index in [9.17, 15) is 9.59 Å². The van der Waals surface area contributed by atoms with Crippen LogP contribution in [-0.2, 0) is 9.53 Å². The molecule has 0 aromatic heterocycles. The summed E-state index contributed by atoms with van der Waals surface area (Å²) in [6.45, 7) is 8.76. The van der Waals surface area contributed by atoms with Crippen molar-refractivity contribution in [1.82, 2.24) is 20.4 Å². The van der Waals surface area contributed by atoms with E-state index in [-0.39, 0.29) is 6.03 Å². The number of piperazine rings is 1. The first-order chi connectivity index (χ1) is 13.1. The molecule has 0 unspecified atom stereocenters. The topological polar surface area (TPSA) is 73.9 Å². The maximum Gasteiger partial charge on any atom is 0.338 e. The average Bonchev–Trinajstić information content (AvgIpc) is 2.69. The molecule has 27 heavy (non-hydrogen) atoms. The molecule has 3 rings (SSSR count). The fourth-order valence-electron chi connectivity index (χ4n) is 3.53. The van der Waals surface area contributed by atoms with E-state index in [0.29, 0.717) is 17.8 Å². The van der Waals surface area contributed by atoms with Gasteiger partial charge in [-0.3, -0.25) is 9.80 Å². The van der Waals surface area contributed by atoms with Crippen LogP contribution in [0.3, 0.4) is 0 Å². The molecule has 1 saturated heterocycles. The van der Waals surface area contributed by atoms with Gasteiger partial charge < -0.3 is 15.4 Å². The van der Waals surface area contributed by atoms with Gasteiger partial charge in [0.05, 0.1) is 18.7 Å². The standard InChI is InChI=1S/C20H26N4O3/c1-3-9-23-10-12-24(13-11-23)14-16-17(19(25)27-2)18(22-20(26)21-16)15-7-5-4-6-8-15/h3-8,18H,1,9-14H2,2H3,(H2,21,22,26)/t18-/m0/s1. The van der Waals surface area contributed by atoms with Gasteiger partial charge in [0.25, 0.3) is 0 Å². The molecule has 2 aliphatic rings. The first-order valence-corrected chi connectivity index (χ1v) is 9.11. The molecule has 1 fully saturated rings. The van der Waals surface area contributed by atoms with Gasteiger partial charge >= 0.3 is 12.0 Å². The second-order valence-corrected chi connectivity index (χ2v) is 6.69. The molecule has 0 radical (unpaired) electrons. The highest BCUT2D eigenvalue weighted by molar-refractivity contribution is 5.95. The second-order valence-electron chi connectivity index (χ2n) is 6.69. The van der Waals surface area contributed by atoms with Crippen molar-refractivity contribution in [2.45, 2.75) is 6.04 Å². The Hall–Kier alpha value is -2.64. The number of nitrogens with one attached hydrogen (secondary N) is 2. The van der Waals surface area contributed by atoms with E-state index in [4.69, 9.17) is 4.74 Å². The number of carbonyl (C=O) groups is 2. The van der Waals surface area contributed by atoms with Gasteiger partial charge in [0.15, 0.2) is 0 Å². The minimum absolute atomic E-state index is 0.309.